The van der Waals surface area contributed by atoms with Crippen molar-refractivity contribution in [3.8, 4) is 10.6 Å². The lowest BCUT2D eigenvalue weighted by molar-refractivity contribution is -0.142. The highest BCUT2D eigenvalue weighted by Gasteiger charge is 2.29. The number of nitrogens with zero attached hydrogens (tertiary/aromatic N) is 5. The molecule has 2 aliphatic heterocycles. The third kappa shape index (κ3) is 7.40. The van der Waals surface area contributed by atoms with Crippen LogP contribution in [-0.2, 0) is 4.79 Å². The highest BCUT2D eigenvalue weighted by molar-refractivity contribution is 7.21. The molecule has 2 N–H and O–H groups in total. The Morgan fingerprint density at radius 3 is 2.30 bits per heavy atom. The summed E-state index contributed by atoms with van der Waals surface area (Å²) in [5.41, 5.74) is 1.18. The first-order valence-electron chi connectivity index (χ1n) is 14.5. The number of nitrogens with one attached hydrogen (secondary N) is 1. The van der Waals surface area contributed by atoms with Crippen LogP contribution in [0.5, 0.6) is 0 Å². The van der Waals surface area contributed by atoms with Gasteiger partial charge < -0.3 is 14.9 Å². The van der Waals surface area contributed by atoms with Crippen molar-refractivity contribution >= 4 is 86.1 Å². The van der Waals surface area contributed by atoms with Crippen molar-refractivity contribution in [2.45, 2.75) is 51.0 Å². The fraction of sp³-hybridized carbons (Fsp3) is 0.517. The number of carbonyl (C=O) groups excluding carboxylic acids is 1. The predicted molar refractivity (Wildman–Crippen MR) is 178 cm³/mol. The van der Waals surface area contributed by atoms with E-state index in [4.69, 9.17) is 28.2 Å². The number of pyridine rings is 1. The van der Waals surface area contributed by atoms with Gasteiger partial charge in [0.25, 0.3) is 5.91 Å². The van der Waals surface area contributed by atoms with Gasteiger partial charge >= 0.3 is 5.97 Å². The maximum Gasteiger partial charge on any atom is 0.306 e. The minimum absolute atomic E-state index is 0. The quantitative estimate of drug-likeness (QED) is 0.274. The molecule has 1 amide bonds. The molecule has 232 valence electrons. The van der Waals surface area contributed by atoms with E-state index in [1.165, 1.54) is 49.6 Å². The second-order valence-corrected chi connectivity index (χ2v) is 13.9. The molecule has 1 aliphatic carbocycles. The van der Waals surface area contributed by atoms with Gasteiger partial charge in [0.1, 0.15) is 16.5 Å². The molecule has 6 rings (SSSR count). The van der Waals surface area contributed by atoms with Crippen molar-refractivity contribution in [2.75, 3.05) is 54.4 Å². The van der Waals surface area contributed by atoms with E-state index in [1.54, 1.807) is 17.4 Å². The van der Waals surface area contributed by atoms with Crippen molar-refractivity contribution in [2.24, 2.45) is 5.92 Å². The maximum atomic E-state index is 13.3. The number of rotatable bonds is 7. The van der Waals surface area contributed by atoms with Gasteiger partial charge in [0.15, 0.2) is 5.13 Å². The molecule has 0 spiro atoms. The van der Waals surface area contributed by atoms with Crippen molar-refractivity contribution in [3.05, 3.63) is 39.3 Å². The Labute approximate surface area is 275 Å². The molecular weight excluding hydrogens is 651 g/mol. The number of amides is 1. The fourth-order valence-electron chi connectivity index (χ4n) is 6.21. The van der Waals surface area contributed by atoms with E-state index in [-0.39, 0.29) is 24.2 Å². The smallest absolute Gasteiger partial charge is 0.306 e. The van der Waals surface area contributed by atoms with E-state index in [0.717, 1.165) is 41.8 Å². The normalized spacial score (nSPS) is 18.8. The van der Waals surface area contributed by atoms with Crippen molar-refractivity contribution in [1.29, 1.82) is 0 Å². The average Bonchev–Trinajstić information content (AvgIpc) is 3.63. The molecule has 9 nitrogen and oxygen atoms in total. The Morgan fingerprint density at radius 1 is 0.953 bits per heavy atom. The predicted octanol–water partition coefficient (Wildman–Crippen LogP) is 7.00. The lowest BCUT2D eigenvalue weighted by Gasteiger charge is -2.41. The molecule has 0 atom stereocenters. The number of carboxylic acid groups (broad SMARTS) is 1. The molecule has 0 unspecified atom stereocenters. The number of thiophene rings is 1. The van der Waals surface area contributed by atoms with Gasteiger partial charge in [-0.3, -0.25) is 19.8 Å². The van der Waals surface area contributed by atoms with E-state index in [9.17, 15) is 14.7 Å². The van der Waals surface area contributed by atoms with Gasteiger partial charge in [0.2, 0.25) is 0 Å². The van der Waals surface area contributed by atoms with Crippen LogP contribution in [0.25, 0.3) is 10.6 Å². The highest BCUT2D eigenvalue weighted by Crippen LogP contribution is 2.42. The number of thiazole rings is 1. The first-order valence-corrected chi connectivity index (χ1v) is 17.0. The van der Waals surface area contributed by atoms with E-state index in [0.29, 0.717) is 58.5 Å². The molecule has 3 aliphatic rings. The van der Waals surface area contributed by atoms with Crippen LogP contribution in [0.4, 0.5) is 16.0 Å². The summed E-state index contributed by atoms with van der Waals surface area (Å²) in [5.74, 6) is -0.876. The molecule has 2 saturated heterocycles. The molecule has 43 heavy (non-hydrogen) atoms. The molecule has 0 bridgehead atoms. The Hall–Kier alpha value is -2.15. The molecule has 3 fully saturated rings. The second kappa shape index (κ2) is 14.3. The highest BCUT2D eigenvalue weighted by atomic mass is 35.5. The van der Waals surface area contributed by atoms with Crippen LogP contribution >= 0.6 is 58.3 Å². The number of aromatic nitrogens is 2. The number of carbonyl (C=O) groups is 2. The van der Waals surface area contributed by atoms with Crippen LogP contribution in [0.2, 0.25) is 10.0 Å². The Morgan fingerprint density at radius 2 is 1.67 bits per heavy atom. The summed E-state index contributed by atoms with van der Waals surface area (Å²) in [4.78, 5) is 41.9. The van der Waals surface area contributed by atoms with E-state index in [2.05, 4.69) is 20.1 Å². The Kier molecular flexibility index (Phi) is 10.7. The number of aliphatic carboxylic acids is 1. The Bertz CT molecular complexity index is 1430. The SMILES string of the molecule is Cl.O=C(Nc1nc(-c2cc(Cl)cs2)c(N2CCN(C3CCCCC3)CC2)s1)c1cnc(N2CCC(C(=O)O)CC2)c(Cl)c1. The number of hydrogen-bond acceptors (Lipinski definition) is 9. The fourth-order valence-corrected chi connectivity index (χ4v) is 8.65. The summed E-state index contributed by atoms with van der Waals surface area (Å²) in [6.45, 7) is 5.01. The topological polar surface area (TPSA) is 102 Å². The van der Waals surface area contributed by atoms with Gasteiger partial charge in [-0.15, -0.1) is 23.7 Å². The standard InChI is InChI=1S/C29H34Cl2N6O3S2.ClH/c30-20-15-23(41-17-20)24-27(37-12-10-35(11-13-37)21-4-2-1-3-5-21)42-29(33-24)34-26(38)19-14-22(31)25(32-16-19)36-8-6-18(7-9-36)28(39)40;/h14-18,21H,1-13H2,(H,39,40)(H,33,34,38);1H. The molecular formula is C29H35Cl3N6O3S2. The monoisotopic (exact) mass is 684 g/mol. The minimum atomic E-state index is -0.766. The van der Waals surface area contributed by atoms with Crippen LogP contribution < -0.4 is 15.1 Å². The number of piperidine rings is 1. The van der Waals surface area contributed by atoms with Crippen molar-refractivity contribution in [1.82, 2.24) is 14.9 Å². The minimum Gasteiger partial charge on any atom is -0.481 e. The number of halogens is 3. The zero-order valence-corrected chi connectivity index (χ0v) is 27.6. The summed E-state index contributed by atoms with van der Waals surface area (Å²) in [7, 11) is 0. The zero-order valence-electron chi connectivity index (χ0n) is 23.6. The summed E-state index contributed by atoms with van der Waals surface area (Å²) in [6, 6.07) is 4.24. The molecule has 1 saturated carbocycles. The summed E-state index contributed by atoms with van der Waals surface area (Å²) < 4.78 is 0. The van der Waals surface area contributed by atoms with E-state index >= 15 is 0 Å². The molecule has 0 radical (unpaired) electrons. The first-order chi connectivity index (χ1) is 20.4. The summed E-state index contributed by atoms with van der Waals surface area (Å²) >= 11 is 15.9. The van der Waals surface area contributed by atoms with Crippen LogP contribution in [-0.4, -0.2) is 77.2 Å². The molecule has 14 heteroatoms. The van der Waals surface area contributed by atoms with Gasteiger partial charge in [0.05, 0.1) is 26.4 Å². The van der Waals surface area contributed by atoms with E-state index in [1.807, 2.05) is 16.3 Å². The van der Waals surface area contributed by atoms with E-state index < -0.39 is 5.97 Å². The number of carboxylic acids is 1. The van der Waals surface area contributed by atoms with Gasteiger partial charge in [0, 0.05) is 56.9 Å². The molecule has 3 aromatic heterocycles. The lowest BCUT2D eigenvalue weighted by atomic mass is 9.94. The van der Waals surface area contributed by atoms with Gasteiger partial charge in [-0.25, -0.2) is 9.97 Å². The third-order valence-electron chi connectivity index (χ3n) is 8.55. The summed E-state index contributed by atoms with van der Waals surface area (Å²) in [6.07, 6.45) is 9.22. The van der Waals surface area contributed by atoms with Crippen molar-refractivity contribution in [3.63, 3.8) is 0 Å². The maximum absolute atomic E-state index is 13.3. The molecule has 0 aromatic carbocycles. The van der Waals surface area contributed by atoms with Gasteiger partial charge in [-0.05, 0) is 37.8 Å². The molecule has 3 aromatic rings. The van der Waals surface area contributed by atoms with Crippen LogP contribution in [0.15, 0.2) is 23.7 Å². The zero-order chi connectivity index (χ0) is 29.2. The average molecular weight is 686 g/mol. The summed E-state index contributed by atoms with van der Waals surface area (Å²) in [5, 5.41) is 16.7. The van der Waals surface area contributed by atoms with Gasteiger partial charge in [-0.1, -0.05) is 53.8 Å². The van der Waals surface area contributed by atoms with Crippen LogP contribution in [0, 0.1) is 5.92 Å². The number of anilines is 3. The third-order valence-corrected chi connectivity index (χ3v) is 11.1. The van der Waals surface area contributed by atoms with Crippen LogP contribution in [0.3, 0.4) is 0 Å². The largest absolute Gasteiger partial charge is 0.481 e. The van der Waals surface area contributed by atoms with Gasteiger partial charge in [-0.2, -0.15) is 0 Å². The number of hydrogen-bond donors (Lipinski definition) is 2. The number of piperazine rings is 1. The molecule has 5 heterocycles. The Balaban J connectivity index is 0.00000368. The van der Waals surface area contributed by atoms with Crippen LogP contribution in [0.1, 0.15) is 55.3 Å². The lowest BCUT2D eigenvalue weighted by Crippen LogP contribution is -2.50. The first kappa shape index (κ1) is 32.2. The van der Waals surface area contributed by atoms with Crippen molar-refractivity contribution < 1.29 is 14.7 Å². The second-order valence-electron chi connectivity index (χ2n) is 11.2.